The third-order valence-electron chi connectivity index (χ3n) is 12.1. The van der Waals surface area contributed by atoms with Crippen LogP contribution in [0.3, 0.4) is 0 Å². The SMILES string of the molecule is CC(=O)OC(C)(C)[C@@H](C)CC[C@@H](C)[C@H]1CC[C@@H]2[C@]1(C)CC[C@@H]1[C@@]3(C)CC[C@H](O)C[C@@H]3[C@H](O)C[C@]12O. The Morgan fingerprint density at radius 1 is 1.00 bits per heavy atom. The predicted molar refractivity (Wildman–Crippen MR) is 137 cm³/mol. The van der Waals surface area contributed by atoms with Gasteiger partial charge in [-0.05, 0) is 112 Å². The standard InChI is InChI=1S/C30H52O5/c1-18(8-9-19(2)27(4,5)35-20(3)31)22-10-11-25-28(22,6)15-13-26-29(7)14-12-21(32)16-23(29)24(33)17-30(25,26)34/h18-19,21-26,32-34H,8-17H2,1-7H3/t18-,19+,21+,22-,23-,24-,25-,26-,28-,29+,30-/m1/s1. The second-order valence-electron chi connectivity index (χ2n) is 14.3. The summed E-state index contributed by atoms with van der Waals surface area (Å²) < 4.78 is 5.59. The second-order valence-corrected chi connectivity index (χ2v) is 14.3. The fourth-order valence-electron chi connectivity index (χ4n) is 9.89. The van der Waals surface area contributed by atoms with E-state index < -0.39 is 17.3 Å². The minimum absolute atomic E-state index is 0.0889. The molecular weight excluding hydrogens is 440 g/mol. The predicted octanol–water partition coefficient (Wildman–Crippen LogP) is 5.49. The smallest absolute Gasteiger partial charge is 0.303 e. The first-order valence-corrected chi connectivity index (χ1v) is 14.4. The molecule has 35 heavy (non-hydrogen) atoms. The number of hydrogen-bond donors (Lipinski definition) is 3. The molecule has 4 aliphatic carbocycles. The van der Waals surface area contributed by atoms with Gasteiger partial charge in [-0.3, -0.25) is 4.79 Å². The topological polar surface area (TPSA) is 87.0 Å². The van der Waals surface area contributed by atoms with Gasteiger partial charge >= 0.3 is 5.97 Å². The van der Waals surface area contributed by atoms with Crippen molar-refractivity contribution in [3.05, 3.63) is 0 Å². The molecule has 4 rings (SSSR count). The summed E-state index contributed by atoms with van der Waals surface area (Å²) in [6.45, 7) is 14.8. The third kappa shape index (κ3) is 4.50. The molecule has 5 nitrogen and oxygen atoms in total. The van der Waals surface area contributed by atoms with Crippen molar-refractivity contribution >= 4 is 5.97 Å². The number of aliphatic hydroxyl groups excluding tert-OH is 2. The van der Waals surface area contributed by atoms with Gasteiger partial charge < -0.3 is 20.1 Å². The van der Waals surface area contributed by atoms with Crippen LogP contribution in [0, 0.1) is 46.3 Å². The molecule has 4 fully saturated rings. The van der Waals surface area contributed by atoms with Gasteiger partial charge in [-0.15, -0.1) is 0 Å². The van der Waals surface area contributed by atoms with Gasteiger partial charge in [0.25, 0.3) is 0 Å². The Kier molecular flexibility index (Phi) is 7.26. The number of hydrogen-bond acceptors (Lipinski definition) is 5. The number of fused-ring (bicyclic) bond motifs is 5. The fourth-order valence-corrected chi connectivity index (χ4v) is 9.89. The van der Waals surface area contributed by atoms with Gasteiger partial charge in [0, 0.05) is 13.3 Å². The lowest BCUT2D eigenvalue weighted by atomic mass is 9.42. The summed E-state index contributed by atoms with van der Waals surface area (Å²) in [5.74, 6) is 1.72. The summed E-state index contributed by atoms with van der Waals surface area (Å²) in [6.07, 6.45) is 8.48. The summed E-state index contributed by atoms with van der Waals surface area (Å²) in [7, 11) is 0. The van der Waals surface area contributed by atoms with Crippen LogP contribution in [0.1, 0.15) is 113 Å². The molecule has 0 aromatic carbocycles. The van der Waals surface area contributed by atoms with Crippen molar-refractivity contribution < 1.29 is 24.9 Å². The minimum atomic E-state index is -0.807. The molecule has 0 bridgehead atoms. The molecule has 0 saturated heterocycles. The van der Waals surface area contributed by atoms with Crippen molar-refractivity contribution in [1.82, 2.24) is 0 Å². The van der Waals surface area contributed by atoms with E-state index in [1.165, 1.54) is 6.92 Å². The number of carbonyl (C=O) groups is 1. The van der Waals surface area contributed by atoms with Gasteiger partial charge in [-0.1, -0.05) is 34.1 Å². The van der Waals surface area contributed by atoms with Crippen LogP contribution in [0.15, 0.2) is 0 Å². The number of carbonyl (C=O) groups excluding carboxylic acids is 1. The summed E-state index contributed by atoms with van der Waals surface area (Å²) in [6, 6.07) is 0. The molecule has 4 aliphatic rings. The molecule has 0 aliphatic heterocycles. The van der Waals surface area contributed by atoms with E-state index in [2.05, 4.69) is 27.7 Å². The minimum Gasteiger partial charge on any atom is -0.460 e. The van der Waals surface area contributed by atoms with Crippen LogP contribution in [0.4, 0.5) is 0 Å². The molecule has 0 heterocycles. The lowest BCUT2D eigenvalue weighted by Gasteiger charge is -2.65. The maximum atomic E-state index is 12.4. The maximum absolute atomic E-state index is 12.4. The van der Waals surface area contributed by atoms with E-state index in [4.69, 9.17) is 4.74 Å². The highest BCUT2D eigenvalue weighted by Crippen LogP contribution is 2.69. The van der Waals surface area contributed by atoms with Crippen molar-refractivity contribution in [1.29, 1.82) is 0 Å². The van der Waals surface area contributed by atoms with E-state index in [0.717, 1.165) is 51.4 Å². The Hall–Kier alpha value is -0.650. The van der Waals surface area contributed by atoms with Crippen molar-refractivity contribution in [2.45, 2.75) is 136 Å². The molecule has 202 valence electrons. The first-order valence-electron chi connectivity index (χ1n) is 14.4. The van der Waals surface area contributed by atoms with E-state index in [1.54, 1.807) is 0 Å². The van der Waals surface area contributed by atoms with E-state index in [1.807, 2.05) is 13.8 Å². The Balaban J connectivity index is 1.49. The van der Waals surface area contributed by atoms with Crippen LogP contribution >= 0.6 is 0 Å². The molecular formula is C30H52O5. The lowest BCUT2D eigenvalue weighted by Crippen LogP contribution is -2.67. The van der Waals surface area contributed by atoms with Crippen LogP contribution in [-0.2, 0) is 9.53 Å². The number of rotatable bonds is 6. The van der Waals surface area contributed by atoms with Crippen molar-refractivity contribution in [3.8, 4) is 0 Å². The second kappa shape index (κ2) is 9.27. The summed E-state index contributed by atoms with van der Waals surface area (Å²) >= 11 is 0. The summed E-state index contributed by atoms with van der Waals surface area (Å²) in [5.41, 5.74) is -1.26. The normalized spacial score (nSPS) is 47.3. The van der Waals surface area contributed by atoms with Crippen LogP contribution in [0.5, 0.6) is 0 Å². The van der Waals surface area contributed by atoms with E-state index in [0.29, 0.717) is 24.7 Å². The fraction of sp³-hybridized carbons (Fsp3) is 0.967. The molecule has 4 saturated carbocycles. The molecule has 0 amide bonds. The quantitative estimate of drug-likeness (QED) is 0.427. The molecule has 0 aromatic heterocycles. The first kappa shape index (κ1) is 27.4. The molecule has 0 unspecified atom stereocenters. The monoisotopic (exact) mass is 492 g/mol. The number of aliphatic hydroxyl groups is 3. The Morgan fingerprint density at radius 3 is 2.29 bits per heavy atom. The number of esters is 1. The zero-order chi connectivity index (χ0) is 26.0. The number of ether oxygens (including phenoxy) is 1. The van der Waals surface area contributed by atoms with E-state index in [9.17, 15) is 20.1 Å². The lowest BCUT2D eigenvalue weighted by molar-refractivity contribution is -0.254. The van der Waals surface area contributed by atoms with Crippen molar-refractivity contribution in [2.75, 3.05) is 0 Å². The van der Waals surface area contributed by atoms with Crippen molar-refractivity contribution in [3.63, 3.8) is 0 Å². The van der Waals surface area contributed by atoms with Gasteiger partial charge in [-0.25, -0.2) is 0 Å². The molecule has 11 atom stereocenters. The highest BCUT2D eigenvalue weighted by atomic mass is 16.6. The average molecular weight is 493 g/mol. The van der Waals surface area contributed by atoms with Gasteiger partial charge in [0.1, 0.15) is 5.60 Å². The summed E-state index contributed by atoms with van der Waals surface area (Å²) in [5, 5.41) is 34.0. The van der Waals surface area contributed by atoms with Crippen LogP contribution in [-0.4, -0.2) is 44.7 Å². The van der Waals surface area contributed by atoms with Gasteiger partial charge in [0.15, 0.2) is 0 Å². The Morgan fingerprint density at radius 2 is 1.63 bits per heavy atom. The third-order valence-corrected chi connectivity index (χ3v) is 12.1. The van der Waals surface area contributed by atoms with Crippen LogP contribution < -0.4 is 0 Å². The zero-order valence-electron chi connectivity index (χ0n) is 23.3. The molecule has 5 heteroatoms. The van der Waals surface area contributed by atoms with Crippen molar-refractivity contribution in [2.24, 2.45) is 46.3 Å². The first-order chi connectivity index (χ1) is 16.1. The Bertz CT molecular complexity index is 796. The highest BCUT2D eigenvalue weighted by molar-refractivity contribution is 5.66. The molecule has 0 spiro atoms. The average Bonchev–Trinajstić information content (AvgIpc) is 3.10. The maximum Gasteiger partial charge on any atom is 0.303 e. The van der Waals surface area contributed by atoms with E-state index >= 15 is 0 Å². The summed E-state index contributed by atoms with van der Waals surface area (Å²) in [4.78, 5) is 11.5. The molecule has 0 radical (unpaired) electrons. The van der Waals surface area contributed by atoms with E-state index in [-0.39, 0.29) is 46.6 Å². The van der Waals surface area contributed by atoms with Crippen LogP contribution in [0.2, 0.25) is 0 Å². The van der Waals surface area contributed by atoms with Crippen LogP contribution in [0.25, 0.3) is 0 Å². The molecule has 3 N–H and O–H groups in total. The van der Waals surface area contributed by atoms with Gasteiger partial charge in [0.05, 0.1) is 17.8 Å². The zero-order valence-corrected chi connectivity index (χ0v) is 23.3. The van der Waals surface area contributed by atoms with Gasteiger partial charge in [-0.2, -0.15) is 0 Å². The molecule has 0 aromatic rings. The van der Waals surface area contributed by atoms with Gasteiger partial charge in [0.2, 0.25) is 0 Å². The Labute approximate surface area is 213 Å². The highest BCUT2D eigenvalue weighted by Gasteiger charge is 2.68. The largest absolute Gasteiger partial charge is 0.460 e.